The number of carboxylic acids is 1. The van der Waals surface area contributed by atoms with Crippen LogP contribution < -0.4 is 14.9 Å². The lowest BCUT2D eigenvalue weighted by Crippen LogP contribution is -2.10. The number of aliphatic carboxylic acids is 1. The Labute approximate surface area is 170 Å². The zero-order valence-electron chi connectivity index (χ0n) is 14.8. The standard InChI is InChI=1S/C19H16ClN3O4S/c1-26-17-8-12(2-7-16(17)27-10-18(24)25)9-21-23-19-22-15(11-28-19)13-3-5-14(20)6-4-13/h2-9,11H,10H2,1H3,(H,22,23)(H,24,25)/b21-9-. The van der Waals surface area contributed by atoms with Crippen LogP contribution in [0, 0.1) is 0 Å². The molecule has 3 rings (SSSR count). The number of ether oxygens (including phenoxy) is 2. The summed E-state index contributed by atoms with van der Waals surface area (Å²) in [6, 6.07) is 12.5. The van der Waals surface area contributed by atoms with E-state index in [-0.39, 0.29) is 0 Å². The molecule has 2 aromatic carbocycles. The van der Waals surface area contributed by atoms with Crippen LogP contribution in [0.4, 0.5) is 5.13 Å². The van der Waals surface area contributed by atoms with Crippen molar-refractivity contribution in [2.24, 2.45) is 5.10 Å². The lowest BCUT2D eigenvalue weighted by molar-refractivity contribution is -0.139. The average molecular weight is 418 g/mol. The summed E-state index contributed by atoms with van der Waals surface area (Å²) in [5.41, 5.74) is 5.45. The Morgan fingerprint density at radius 1 is 1.29 bits per heavy atom. The first kappa shape index (κ1) is 19.7. The normalized spacial score (nSPS) is 10.8. The predicted molar refractivity (Wildman–Crippen MR) is 110 cm³/mol. The number of hydrogen-bond donors (Lipinski definition) is 2. The summed E-state index contributed by atoms with van der Waals surface area (Å²) in [4.78, 5) is 15.1. The molecule has 0 fully saturated rings. The Balaban J connectivity index is 1.64. The third kappa shape index (κ3) is 5.21. The largest absolute Gasteiger partial charge is 0.493 e. The van der Waals surface area contributed by atoms with E-state index in [1.165, 1.54) is 18.4 Å². The summed E-state index contributed by atoms with van der Waals surface area (Å²) >= 11 is 7.34. The molecule has 0 atom stereocenters. The maximum atomic E-state index is 10.6. The van der Waals surface area contributed by atoms with Crippen molar-refractivity contribution in [2.75, 3.05) is 19.1 Å². The average Bonchev–Trinajstić information content (AvgIpc) is 3.16. The van der Waals surface area contributed by atoms with E-state index in [0.717, 1.165) is 16.8 Å². The van der Waals surface area contributed by atoms with E-state index >= 15 is 0 Å². The van der Waals surface area contributed by atoms with Crippen LogP contribution >= 0.6 is 22.9 Å². The van der Waals surface area contributed by atoms with Gasteiger partial charge in [-0.2, -0.15) is 5.10 Å². The van der Waals surface area contributed by atoms with Gasteiger partial charge in [-0.3, -0.25) is 5.43 Å². The van der Waals surface area contributed by atoms with E-state index in [1.807, 2.05) is 29.6 Å². The molecule has 144 valence electrons. The van der Waals surface area contributed by atoms with Gasteiger partial charge in [-0.05, 0) is 35.9 Å². The van der Waals surface area contributed by atoms with Gasteiger partial charge < -0.3 is 14.6 Å². The molecule has 1 heterocycles. The number of nitrogens with one attached hydrogen (secondary N) is 1. The van der Waals surface area contributed by atoms with Crippen molar-refractivity contribution < 1.29 is 19.4 Å². The third-order valence-corrected chi connectivity index (χ3v) is 4.56. The van der Waals surface area contributed by atoms with Gasteiger partial charge in [0.15, 0.2) is 18.1 Å². The van der Waals surface area contributed by atoms with Crippen LogP contribution in [0.25, 0.3) is 11.3 Å². The van der Waals surface area contributed by atoms with Crippen LogP contribution in [0.2, 0.25) is 5.02 Å². The molecule has 0 saturated heterocycles. The number of hydrogen-bond acceptors (Lipinski definition) is 7. The summed E-state index contributed by atoms with van der Waals surface area (Å²) in [6.45, 7) is -0.439. The predicted octanol–water partition coefficient (Wildman–Crippen LogP) is 4.38. The Morgan fingerprint density at radius 2 is 2.07 bits per heavy atom. The second-order valence-corrected chi connectivity index (χ2v) is 6.80. The van der Waals surface area contributed by atoms with Crippen molar-refractivity contribution in [3.05, 3.63) is 58.4 Å². The van der Waals surface area contributed by atoms with Crippen molar-refractivity contribution in [1.82, 2.24) is 4.98 Å². The number of benzene rings is 2. The molecule has 2 N–H and O–H groups in total. The fourth-order valence-electron chi connectivity index (χ4n) is 2.26. The van der Waals surface area contributed by atoms with Crippen molar-refractivity contribution in [3.8, 4) is 22.8 Å². The van der Waals surface area contributed by atoms with Gasteiger partial charge in [-0.25, -0.2) is 9.78 Å². The van der Waals surface area contributed by atoms with E-state index in [2.05, 4.69) is 15.5 Å². The van der Waals surface area contributed by atoms with Gasteiger partial charge >= 0.3 is 5.97 Å². The number of hydrazone groups is 1. The minimum Gasteiger partial charge on any atom is -0.493 e. The van der Waals surface area contributed by atoms with E-state index in [9.17, 15) is 4.79 Å². The highest BCUT2D eigenvalue weighted by Gasteiger charge is 2.07. The topological polar surface area (TPSA) is 93.0 Å². The maximum absolute atomic E-state index is 10.6. The van der Waals surface area contributed by atoms with Gasteiger partial charge in [0.25, 0.3) is 0 Å². The highest BCUT2D eigenvalue weighted by atomic mass is 35.5. The van der Waals surface area contributed by atoms with Crippen molar-refractivity contribution in [2.45, 2.75) is 0 Å². The van der Waals surface area contributed by atoms with Gasteiger partial charge in [0, 0.05) is 16.0 Å². The molecule has 1 aromatic heterocycles. The first-order valence-corrected chi connectivity index (χ1v) is 9.34. The second-order valence-electron chi connectivity index (χ2n) is 5.51. The summed E-state index contributed by atoms with van der Waals surface area (Å²) in [5, 5.41) is 16.1. The first-order valence-electron chi connectivity index (χ1n) is 8.08. The van der Waals surface area contributed by atoms with Gasteiger partial charge in [0.1, 0.15) is 0 Å². The zero-order chi connectivity index (χ0) is 19.9. The fourth-order valence-corrected chi connectivity index (χ4v) is 3.06. The number of methoxy groups -OCH3 is 1. The lowest BCUT2D eigenvalue weighted by atomic mass is 10.2. The summed E-state index contributed by atoms with van der Waals surface area (Å²) in [7, 11) is 1.48. The minimum atomic E-state index is -1.06. The van der Waals surface area contributed by atoms with E-state index in [0.29, 0.717) is 21.7 Å². The number of aromatic nitrogens is 1. The van der Waals surface area contributed by atoms with Crippen LogP contribution in [0.3, 0.4) is 0 Å². The van der Waals surface area contributed by atoms with Crippen LogP contribution in [-0.2, 0) is 4.79 Å². The molecule has 28 heavy (non-hydrogen) atoms. The maximum Gasteiger partial charge on any atom is 0.341 e. The molecule has 0 bridgehead atoms. The number of rotatable bonds is 8. The van der Waals surface area contributed by atoms with Crippen LogP contribution in [-0.4, -0.2) is 36.0 Å². The molecular formula is C19H16ClN3O4S. The monoisotopic (exact) mass is 417 g/mol. The highest BCUT2D eigenvalue weighted by molar-refractivity contribution is 7.14. The number of thiazole rings is 1. The summed E-state index contributed by atoms with van der Waals surface area (Å²) < 4.78 is 10.4. The number of halogens is 1. The first-order chi connectivity index (χ1) is 13.5. The summed E-state index contributed by atoms with van der Waals surface area (Å²) in [6.07, 6.45) is 1.60. The van der Waals surface area contributed by atoms with Crippen molar-refractivity contribution in [3.63, 3.8) is 0 Å². The molecule has 0 aliphatic carbocycles. The van der Waals surface area contributed by atoms with Crippen molar-refractivity contribution in [1.29, 1.82) is 0 Å². The highest BCUT2D eigenvalue weighted by Crippen LogP contribution is 2.28. The van der Waals surface area contributed by atoms with Crippen LogP contribution in [0.15, 0.2) is 52.9 Å². The molecular weight excluding hydrogens is 402 g/mol. The SMILES string of the molecule is COc1cc(/C=N\Nc2nc(-c3ccc(Cl)cc3)cs2)ccc1OCC(=O)O. The minimum absolute atomic E-state index is 0.350. The molecule has 0 radical (unpaired) electrons. The molecule has 0 aliphatic heterocycles. The molecule has 7 nitrogen and oxygen atoms in total. The number of nitrogens with zero attached hydrogens (tertiary/aromatic N) is 2. The van der Waals surface area contributed by atoms with Gasteiger partial charge in [0.2, 0.25) is 5.13 Å². The Hall–Kier alpha value is -3.10. The zero-order valence-corrected chi connectivity index (χ0v) is 16.3. The molecule has 0 unspecified atom stereocenters. The molecule has 0 aliphatic rings. The van der Waals surface area contributed by atoms with Crippen molar-refractivity contribution >= 4 is 40.3 Å². The molecule has 9 heteroatoms. The molecule has 3 aromatic rings. The Morgan fingerprint density at radius 3 is 2.79 bits per heavy atom. The molecule has 0 spiro atoms. The summed E-state index contributed by atoms with van der Waals surface area (Å²) in [5.74, 6) is -0.287. The van der Waals surface area contributed by atoms with E-state index < -0.39 is 12.6 Å². The number of anilines is 1. The van der Waals surface area contributed by atoms with Gasteiger partial charge in [-0.1, -0.05) is 23.7 Å². The van der Waals surface area contributed by atoms with Gasteiger partial charge in [0.05, 0.1) is 19.0 Å². The Kier molecular flexibility index (Phi) is 6.46. The van der Waals surface area contributed by atoms with Crippen LogP contribution in [0.5, 0.6) is 11.5 Å². The lowest BCUT2D eigenvalue weighted by Gasteiger charge is -2.09. The number of carbonyl (C=O) groups is 1. The number of carboxylic acid groups (broad SMARTS) is 1. The van der Waals surface area contributed by atoms with Gasteiger partial charge in [-0.15, -0.1) is 11.3 Å². The smallest absolute Gasteiger partial charge is 0.341 e. The van der Waals surface area contributed by atoms with Crippen LogP contribution in [0.1, 0.15) is 5.56 Å². The molecule has 0 amide bonds. The van der Waals surface area contributed by atoms with E-state index in [4.69, 9.17) is 26.2 Å². The molecule has 0 saturated carbocycles. The Bertz CT molecular complexity index is 989. The van der Waals surface area contributed by atoms with E-state index in [1.54, 1.807) is 24.4 Å². The quantitative estimate of drug-likeness (QED) is 0.417. The fraction of sp³-hybridized carbons (Fsp3) is 0.105. The second kappa shape index (κ2) is 9.20. The third-order valence-electron chi connectivity index (χ3n) is 3.56.